The molecular weight excluding hydrogens is 266 g/mol. The Morgan fingerprint density at radius 3 is 2.62 bits per heavy atom. The van der Waals surface area contributed by atoms with Gasteiger partial charge < -0.3 is 14.5 Å². The van der Waals surface area contributed by atoms with Crippen LogP contribution in [-0.2, 0) is 4.74 Å². The minimum absolute atomic E-state index is 0.0676. The zero-order chi connectivity index (χ0) is 14.7. The van der Waals surface area contributed by atoms with Crippen LogP contribution in [0, 0.1) is 5.92 Å². The summed E-state index contributed by atoms with van der Waals surface area (Å²) >= 11 is 0. The molecule has 114 valence electrons. The van der Waals surface area contributed by atoms with E-state index in [-0.39, 0.29) is 5.91 Å². The second kappa shape index (κ2) is 6.43. The van der Waals surface area contributed by atoms with Gasteiger partial charge in [-0.2, -0.15) is 0 Å². The molecule has 0 atom stereocenters. The largest absolute Gasteiger partial charge is 0.378 e. The number of hydrogen-bond acceptors (Lipinski definition) is 4. The standard InChI is InChI=1S/C16H23N3O2/c1-13-2-4-18(5-3-13)15-10-14(11-17-12-15)16(20)19-6-8-21-9-7-19/h10-13H,2-9H2,1H3. The number of pyridine rings is 1. The molecule has 0 aromatic carbocycles. The molecule has 0 unspecified atom stereocenters. The predicted octanol–water partition coefficient (Wildman–Crippen LogP) is 1.79. The fraction of sp³-hybridized carbons (Fsp3) is 0.625. The monoisotopic (exact) mass is 289 g/mol. The minimum atomic E-state index is 0.0676. The van der Waals surface area contributed by atoms with Crippen molar-refractivity contribution in [2.75, 3.05) is 44.3 Å². The van der Waals surface area contributed by atoms with Gasteiger partial charge in [-0.1, -0.05) is 6.92 Å². The second-order valence-electron chi connectivity index (χ2n) is 6.01. The lowest BCUT2D eigenvalue weighted by atomic mass is 9.99. The van der Waals surface area contributed by atoms with E-state index in [1.165, 1.54) is 12.8 Å². The smallest absolute Gasteiger partial charge is 0.255 e. The number of carbonyl (C=O) groups is 1. The summed E-state index contributed by atoms with van der Waals surface area (Å²) in [6.45, 7) is 7.00. The molecule has 3 heterocycles. The third-order valence-electron chi connectivity index (χ3n) is 4.42. The number of morpholine rings is 1. The molecule has 0 aliphatic carbocycles. The number of piperidine rings is 1. The molecule has 0 bridgehead atoms. The topological polar surface area (TPSA) is 45.7 Å². The summed E-state index contributed by atoms with van der Waals surface area (Å²) in [5.41, 5.74) is 1.76. The SMILES string of the molecule is CC1CCN(c2cncc(C(=O)N3CCOCC3)c2)CC1. The first kappa shape index (κ1) is 14.3. The van der Waals surface area contributed by atoms with E-state index < -0.39 is 0 Å². The molecule has 0 N–H and O–H groups in total. The van der Waals surface area contributed by atoms with Gasteiger partial charge in [0.1, 0.15) is 0 Å². The van der Waals surface area contributed by atoms with E-state index >= 15 is 0 Å². The van der Waals surface area contributed by atoms with Crippen molar-refractivity contribution in [1.29, 1.82) is 0 Å². The van der Waals surface area contributed by atoms with Gasteiger partial charge in [0.2, 0.25) is 0 Å². The van der Waals surface area contributed by atoms with Gasteiger partial charge in [-0.05, 0) is 24.8 Å². The second-order valence-corrected chi connectivity index (χ2v) is 6.01. The average Bonchev–Trinajstić information content (AvgIpc) is 2.56. The van der Waals surface area contributed by atoms with Crippen LogP contribution in [0.4, 0.5) is 5.69 Å². The number of amides is 1. The first-order valence-electron chi connectivity index (χ1n) is 7.81. The Morgan fingerprint density at radius 2 is 1.90 bits per heavy atom. The Bertz CT molecular complexity index is 492. The maximum absolute atomic E-state index is 12.5. The zero-order valence-electron chi connectivity index (χ0n) is 12.6. The fourth-order valence-electron chi connectivity index (χ4n) is 2.93. The molecule has 21 heavy (non-hydrogen) atoms. The van der Waals surface area contributed by atoms with Crippen LogP contribution < -0.4 is 4.90 Å². The van der Waals surface area contributed by atoms with Crippen molar-refractivity contribution in [2.45, 2.75) is 19.8 Å². The van der Waals surface area contributed by atoms with Crippen LogP contribution in [-0.4, -0.2) is 55.2 Å². The van der Waals surface area contributed by atoms with Gasteiger partial charge in [-0.25, -0.2) is 0 Å². The van der Waals surface area contributed by atoms with Crippen molar-refractivity contribution in [2.24, 2.45) is 5.92 Å². The van der Waals surface area contributed by atoms with Crippen LogP contribution in [0.25, 0.3) is 0 Å². The van der Waals surface area contributed by atoms with E-state index in [2.05, 4.69) is 16.8 Å². The predicted molar refractivity (Wildman–Crippen MR) is 81.6 cm³/mol. The molecular formula is C16H23N3O2. The summed E-state index contributed by atoms with van der Waals surface area (Å²) in [6.07, 6.45) is 5.96. The highest BCUT2D eigenvalue weighted by Gasteiger charge is 2.21. The molecule has 5 nitrogen and oxygen atoms in total. The molecule has 3 rings (SSSR count). The summed E-state index contributed by atoms with van der Waals surface area (Å²) in [5, 5.41) is 0. The molecule has 5 heteroatoms. The molecule has 0 radical (unpaired) electrons. The molecule has 1 aromatic rings. The third kappa shape index (κ3) is 3.35. The van der Waals surface area contributed by atoms with Gasteiger partial charge in [0, 0.05) is 32.4 Å². The van der Waals surface area contributed by atoms with Gasteiger partial charge in [0.15, 0.2) is 0 Å². The van der Waals surface area contributed by atoms with Crippen LogP contribution in [0.5, 0.6) is 0 Å². The molecule has 2 aliphatic heterocycles. The number of nitrogens with zero attached hydrogens (tertiary/aromatic N) is 3. The Balaban J connectivity index is 1.71. The van der Waals surface area contributed by atoms with Crippen LogP contribution in [0.1, 0.15) is 30.1 Å². The Hall–Kier alpha value is -1.62. The lowest BCUT2D eigenvalue weighted by molar-refractivity contribution is 0.0302. The maximum atomic E-state index is 12.5. The number of carbonyl (C=O) groups excluding carboxylic acids is 1. The van der Waals surface area contributed by atoms with Crippen molar-refractivity contribution in [3.8, 4) is 0 Å². The molecule has 1 aromatic heterocycles. The number of ether oxygens (including phenoxy) is 1. The van der Waals surface area contributed by atoms with Crippen molar-refractivity contribution in [1.82, 2.24) is 9.88 Å². The summed E-state index contributed by atoms with van der Waals surface area (Å²) in [6, 6.07) is 1.99. The normalized spacial score (nSPS) is 20.6. The maximum Gasteiger partial charge on any atom is 0.255 e. The number of anilines is 1. The molecule has 2 saturated heterocycles. The summed E-state index contributed by atoms with van der Waals surface area (Å²) < 4.78 is 5.30. The fourth-order valence-corrected chi connectivity index (χ4v) is 2.93. The van der Waals surface area contributed by atoms with Crippen molar-refractivity contribution in [3.63, 3.8) is 0 Å². The van der Waals surface area contributed by atoms with Crippen molar-refractivity contribution in [3.05, 3.63) is 24.0 Å². The van der Waals surface area contributed by atoms with E-state index in [1.807, 2.05) is 17.2 Å². The highest BCUT2D eigenvalue weighted by molar-refractivity contribution is 5.94. The number of hydrogen-bond donors (Lipinski definition) is 0. The highest BCUT2D eigenvalue weighted by Crippen LogP contribution is 2.23. The first-order valence-corrected chi connectivity index (χ1v) is 7.81. The Labute approximate surface area is 125 Å². The van der Waals surface area contributed by atoms with Gasteiger partial charge in [-0.15, -0.1) is 0 Å². The summed E-state index contributed by atoms with van der Waals surface area (Å²) in [4.78, 5) is 21.0. The van der Waals surface area contributed by atoms with E-state index in [4.69, 9.17) is 4.74 Å². The van der Waals surface area contributed by atoms with E-state index in [0.717, 1.165) is 24.7 Å². The van der Waals surface area contributed by atoms with Crippen LogP contribution in [0.3, 0.4) is 0 Å². The third-order valence-corrected chi connectivity index (χ3v) is 4.42. The molecule has 0 spiro atoms. The van der Waals surface area contributed by atoms with Gasteiger partial charge in [0.05, 0.1) is 30.7 Å². The lowest BCUT2D eigenvalue weighted by Crippen LogP contribution is -2.40. The van der Waals surface area contributed by atoms with E-state index in [9.17, 15) is 4.79 Å². The van der Waals surface area contributed by atoms with Gasteiger partial charge >= 0.3 is 0 Å². The van der Waals surface area contributed by atoms with E-state index in [0.29, 0.717) is 31.9 Å². The highest BCUT2D eigenvalue weighted by atomic mass is 16.5. The van der Waals surface area contributed by atoms with Crippen molar-refractivity contribution >= 4 is 11.6 Å². The molecule has 2 fully saturated rings. The van der Waals surface area contributed by atoms with E-state index in [1.54, 1.807) is 6.20 Å². The van der Waals surface area contributed by atoms with Crippen molar-refractivity contribution < 1.29 is 9.53 Å². The Morgan fingerprint density at radius 1 is 1.19 bits per heavy atom. The van der Waals surface area contributed by atoms with Gasteiger partial charge in [-0.3, -0.25) is 9.78 Å². The minimum Gasteiger partial charge on any atom is -0.378 e. The summed E-state index contributed by atoms with van der Waals surface area (Å²) in [5.74, 6) is 0.866. The van der Waals surface area contributed by atoms with Crippen LogP contribution in [0.2, 0.25) is 0 Å². The zero-order valence-corrected chi connectivity index (χ0v) is 12.6. The molecule has 0 saturated carbocycles. The van der Waals surface area contributed by atoms with Gasteiger partial charge in [0.25, 0.3) is 5.91 Å². The number of aromatic nitrogens is 1. The lowest BCUT2D eigenvalue weighted by Gasteiger charge is -2.32. The molecule has 2 aliphatic rings. The molecule has 1 amide bonds. The van der Waals surface area contributed by atoms with Crippen LogP contribution >= 0.6 is 0 Å². The Kier molecular flexibility index (Phi) is 4.39. The average molecular weight is 289 g/mol. The first-order chi connectivity index (χ1) is 10.2. The summed E-state index contributed by atoms with van der Waals surface area (Å²) in [7, 11) is 0. The quantitative estimate of drug-likeness (QED) is 0.833. The van der Waals surface area contributed by atoms with Crippen LogP contribution in [0.15, 0.2) is 18.5 Å². The number of rotatable bonds is 2.